The van der Waals surface area contributed by atoms with E-state index < -0.39 is 0 Å². The number of carbonyl (C=O) groups excluding carboxylic acids is 2. The summed E-state index contributed by atoms with van der Waals surface area (Å²) in [5, 5.41) is 2.89. The van der Waals surface area contributed by atoms with E-state index in [2.05, 4.69) is 5.32 Å². The fraction of sp³-hybridized carbons (Fsp3) is 0.333. The van der Waals surface area contributed by atoms with Crippen molar-refractivity contribution >= 4 is 23.2 Å². The predicted octanol–water partition coefficient (Wildman–Crippen LogP) is 3.40. The SMILES string of the molecule is CCOc1ccc(CC(=O)Nc2ccc3c(c2)N(C(C)C)C(=O)CO3)cc1. The van der Waals surface area contributed by atoms with Crippen LogP contribution in [0.25, 0.3) is 0 Å². The molecule has 6 nitrogen and oxygen atoms in total. The number of ether oxygens (including phenoxy) is 2. The first-order chi connectivity index (χ1) is 13.0. The van der Waals surface area contributed by atoms with Crippen molar-refractivity contribution < 1.29 is 19.1 Å². The monoisotopic (exact) mass is 368 g/mol. The summed E-state index contributed by atoms with van der Waals surface area (Å²) in [6.07, 6.45) is 0.257. The summed E-state index contributed by atoms with van der Waals surface area (Å²) in [4.78, 5) is 26.2. The van der Waals surface area contributed by atoms with Crippen LogP contribution in [-0.2, 0) is 16.0 Å². The van der Waals surface area contributed by atoms with Crippen LogP contribution in [0.3, 0.4) is 0 Å². The number of benzene rings is 2. The van der Waals surface area contributed by atoms with Crippen LogP contribution in [0.4, 0.5) is 11.4 Å². The van der Waals surface area contributed by atoms with Gasteiger partial charge in [0.2, 0.25) is 5.91 Å². The summed E-state index contributed by atoms with van der Waals surface area (Å²) in [6.45, 7) is 6.47. The Balaban J connectivity index is 1.70. The molecule has 0 saturated heterocycles. The molecule has 3 rings (SSSR count). The van der Waals surface area contributed by atoms with Gasteiger partial charge in [-0.15, -0.1) is 0 Å². The van der Waals surface area contributed by atoms with Crippen molar-refractivity contribution in [3.63, 3.8) is 0 Å². The Kier molecular flexibility index (Phi) is 5.64. The third kappa shape index (κ3) is 4.39. The lowest BCUT2D eigenvalue weighted by atomic mass is 10.1. The molecule has 0 spiro atoms. The third-order valence-electron chi connectivity index (χ3n) is 4.24. The van der Waals surface area contributed by atoms with Gasteiger partial charge in [-0.05, 0) is 56.7 Å². The number of hydrogen-bond acceptors (Lipinski definition) is 4. The first-order valence-corrected chi connectivity index (χ1v) is 9.08. The number of fused-ring (bicyclic) bond motifs is 1. The predicted molar refractivity (Wildman–Crippen MR) is 105 cm³/mol. The number of amides is 2. The zero-order valence-corrected chi connectivity index (χ0v) is 15.8. The number of nitrogens with zero attached hydrogens (tertiary/aromatic N) is 1. The van der Waals surface area contributed by atoms with Crippen molar-refractivity contribution in [3.8, 4) is 11.5 Å². The zero-order chi connectivity index (χ0) is 19.4. The van der Waals surface area contributed by atoms with Gasteiger partial charge in [0, 0.05) is 11.7 Å². The Morgan fingerprint density at radius 3 is 2.63 bits per heavy atom. The smallest absolute Gasteiger partial charge is 0.265 e. The Bertz CT molecular complexity index is 831. The van der Waals surface area contributed by atoms with Crippen LogP contribution in [0.5, 0.6) is 11.5 Å². The summed E-state index contributed by atoms with van der Waals surface area (Å²) < 4.78 is 10.9. The number of nitrogens with one attached hydrogen (secondary N) is 1. The minimum Gasteiger partial charge on any atom is -0.494 e. The van der Waals surface area contributed by atoms with Gasteiger partial charge in [-0.1, -0.05) is 12.1 Å². The highest BCUT2D eigenvalue weighted by atomic mass is 16.5. The van der Waals surface area contributed by atoms with Crippen LogP contribution < -0.4 is 19.7 Å². The molecule has 0 fully saturated rings. The fourth-order valence-corrected chi connectivity index (χ4v) is 3.08. The highest BCUT2D eigenvalue weighted by molar-refractivity contribution is 6.00. The van der Waals surface area contributed by atoms with E-state index in [-0.39, 0.29) is 30.9 Å². The van der Waals surface area contributed by atoms with Gasteiger partial charge in [0.25, 0.3) is 5.91 Å². The summed E-state index contributed by atoms with van der Waals surface area (Å²) in [5.74, 6) is 1.22. The largest absolute Gasteiger partial charge is 0.494 e. The van der Waals surface area contributed by atoms with Gasteiger partial charge in [-0.2, -0.15) is 0 Å². The standard InChI is InChI=1S/C21H24N2O4/c1-4-26-17-8-5-15(6-9-17)11-20(24)22-16-7-10-19-18(12-16)23(14(2)3)21(25)13-27-19/h5-10,12,14H,4,11,13H2,1-3H3,(H,22,24). The molecule has 2 aromatic rings. The van der Waals surface area contributed by atoms with E-state index in [1.807, 2.05) is 45.0 Å². The number of rotatable bonds is 6. The molecule has 0 saturated carbocycles. The Labute approximate surface area is 159 Å². The summed E-state index contributed by atoms with van der Waals surface area (Å²) in [6, 6.07) is 12.8. The molecule has 142 valence electrons. The molecule has 1 aliphatic heterocycles. The molecule has 0 aromatic heterocycles. The first-order valence-electron chi connectivity index (χ1n) is 9.08. The highest BCUT2D eigenvalue weighted by Crippen LogP contribution is 2.35. The van der Waals surface area contributed by atoms with E-state index in [4.69, 9.17) is 9.47 Å². The Morgan fingerprint density at radius 2 is 1.96 bits per heavy atom. The molecule has 0 aliphatic carbocycles. The molecule has 0 bridgehead atoms. The molecule has 2 amide bonds. The fourth-order valence-electron chi connectivity index (χ4n) is 3.08. The molecule has 6 heteroatoms. The maximum Gasteiger partial charge on any atom is 0.265 e. The molecule has 1 heterocycles. The van der Waals surface area contributed by atoms with Gasteiger partial charge in [-0.3, -0.25) is 9.59 Å². The molecule has 1 aliphatic rings. The summed E-state index contributed by atoms with van der Waals surface area (Å²) >= 11 is 0. The molecule has 27 heavy (non-hydrogen) atoms. The number of hydrogen-bond donors (Lipinski definition) is 1. The average Bonchev–Trinajstić information content (AvgIpc) is 2.63. The van der Waals surface area contributed by atoms with Crippen molar-refractivity contribution in [3.05, 3.63) is 48.0 Å². The van der Waals surface area contributed by atoms with E-state index in [1.54, 1.807) is 23.1 Å². The molecular weight excluding hydrogens is 344 g/mol. The minimum absolute atomic E-state index is 0.00922. The zero-order valence-electron chi connectivity index (χ0n) is 15.8. The maximum absolute atomic E-state index is 12.4. The van der Waals surface area contributed by atoms with E-state index in [0.717, 1.165) is 11.3 Å². The van der Waals surface area contributed by atoms with Gasteiger partial charge in [0.15, 0.2) is 6.61 Å². The van der Waals surface area contributed by atoms with Gasteiger partial charge in [-0.25, -0.2) is 0 Å². The quantitative estimate of drug-likeness (QED) is 0.849. The third-order valence-corrected chi connectivity index (χ3v) is 4.24. The molecule has 2 aromatic carbocycles. The van der Waals surface area contributed by atoms with Gasteiger partial charge < -0.3 is 19.7 Å². The summed E-state index contributed by atoms with van der Waals surface area (Å²) in [5.41, 5.74) is 2.21. The molecular formula is C21H24N2O4. The second-order valence-corrected chi connectivity index (χ2v) is 6.63. The van der Waals surface area contributed by atoms with Gasteiger partial charge >= 0.3 is 0 Å². The number of carbonyl (C=O) groups is 2. The van der Waals surface area contributed by atoms with Crippen LogP contribution in [-0.4, -0.2) is 31.1 Å². The maximum atomic E-state index is 12.4. The van der Waals surface area contributed by atoms with Crippen LogP contribution >= 0.6 is 0 Å². The van der Waals surface area contributed by atoms with Crippen LogP contribution in [0.15, 0.2) is 42.5 Å². The topological polar surface area (TPSA) is 67.9 Å². The second kappa shape index (κ2) is 8.12. The van der Waals surface area contributed by atoms with Crippen molar-refractivity contribution in [2.45, 2.75) is 33.2 Å². The van der Waals surface area contributed by atoms with Crippen molar-refractivity contribution in [1.29, 1.82) is 0 Å². The normalized spacial score (nSPS) is 13.2. The summed E-state index contributed by atoms with van der Waals surface area (Å²) in [7, 11) is 0. The molecule has 1 N–H and O–H groups in total. The van der Waals surface area contributed by atoms with Gasteiger partial charge in [0.05, 0.1) is 18.7 Å². The van der Waals surface area contributed by atoms with E-state index in [0.29, 0.717) is 23.7 Å². The van der Waals surface area contributed by atoms with E-state index in [9.17, 15) is 9.59 Å². The molecule has 0 radical (unpaired) electrons. The highest BCUT2D eigenvalue weighted by Gasteiger charge is 2.27. The average molecular weight is 368 g/mol. The van der Waals surface area contributed by atoms with E-state index >= 15 is 0 Å². The van der Waals surface area contributed by atoms with Crippen LogP contribution in [0, 0.1) is 0 Å². The van der Waals surface area contributed by atoms with Crippen LogP contribution in [0.1, 0.15) is 26.3 Å². The van der Waals surface area contributed by atoms with Crippen molar-refractivity contribution in [1.82, 2.24) is 0 Å². The van der Waals surface area contributed by atoms with E-state index in [1.165, 1.54) is 0 Å². The molecule has 0 unspecified atom stereocenters. The molecule has 0 atom stereocenters. The second-order valence-electron chi connectivity index (χ2n) is 6.63. The lowest BCUT2D eigenvalue weighted by Gasteiger charge is -2.32. The lowest BCUT2D eigenvalue weighted by Crippen LogP contribution is -2.43. The lowest BCUT2D eigenvalue weighted by molar-refractivity contribution is -0.121. The Hall–Kier alpha value is -3.02. The van der Waals surface area contributed by atoms with Gasteiger partial charge in [0.1, 0.15) is 11.5 Å². The Morgan fingerprint density at radius 1 is 1.22 bits per heavy atom. The minimum atomic E-state index is -0.127. The number of anilines is 2. The first kappa shape index (κ1) is 18.8. The van der Waals surface area contributed by atoms with Crippen molar-refractivity contribution in [2.24, 2.45) is 0 Å². The van der Waals surface area contributed by atoms with Crippen LogP contribution in [0.2, 0.25) is 0 Å². The van der Waals surface area contributed by atoms with Crippen molar-refractivity contribution in [2.75, 3.05) is 23.4 Å².